The first-order chi connectivity index (χ1) is 12.6. The molecule has 1 aliphatic heterocycles. The lowest BCUT2D eigenvalue weighted by molar-refractivity contribution is 0.257. The molecule has 2 amide bonds. The van der Waals surface area contributed by atoms with E-state index in [-0.39, 0.29) is 11.9 Å². The van der Waals surface area contributed by atoms with Crippen LogP contribution < -0.4 is 10.2 Å². The number of fused-ring (bicyclic) bond motifs is 1. The Labute approximate surface area is 162 Å². The summed E-state index contributed by atoms with van der Waals surface area (Å²) in [7, 11) is 0. The minimum absolute atomic E-state index is 0.0980. The fraction of sp³-hybridized carbons (Fsp3) is 0.0952. The van der Waals surface area contributed by atoms with Crippen molar-refractivity contribution in [2.75, 3.05) is 16.8 Å². The molecule has 0 saturated carbocycles. The SMILES string of the molecule is O=C(Nc1ccc(Cl)cc1)N1C[C@@H](c2ccccc2)c2cc(Cl)ccc21. The largest absolute Gasteiger partial charge is 0.326 e. The fourth-order valence-electron chi connectivity index (χ4n) is 3.32. The first-order valence-electron chi connectivity index (χ1n) is 8.30. The van der Waals surface area contributed by atoms with Gasteiger partial charge in [-0.2, -0.15) is 0 Å². The van der Waals surface area contributed by atoms with Crippen LogP contribution in [-0.2, 0) is 0 Å². The lowest BCUT2D eigenvalue weighted by Gasteiger charge is -2.19. The number of hydrogen-bond acceptors (Lipinski definition) is 1. The molecule has 130 valence electrons. The van der Waals surface area contributed by atoms with Crippen molar-refractivity contribution in [2.24, 2.45) is 0 Å². The Morgan fingerprint density at radius 3 is 2.35 bits per heavy atom. The third kappa shape index (κ3) is 3.28. The Hall–Kier alpha value is -2.49. The molecule has 4 rings (SSSR count). The number of urea groups is 1. The van der Waals surface area contributed by atoms with Crippen LogP contribution in [0.1, 0.15) is 17.0 Å². The van der Waals surface area contributed by atoms with Crippen LogP contribution in [0.2, 0.25) is 10.0 Å². The van der Waals surface area contributed by atoms with Crippen molar-refractivity contribution in [3.63, 3.8) is 0 Å². The molecule has 0 aromatic heterocycles. The van der Waals surface area contributed by atoms with Crippen LogP contribution in [0, 0.1) is 0 Å². The van der Waals surface area contributed by atoms with Crippen LogP contribution in [0.5, 0.6) is 0 Å². The van der Waals surface area contributed by atoms with Gasteiger partial charge >= 0.3 is 6.03 Å². The molecule has 26 heavy (non-hydrogen) atoms. The van der Waals surface area contributed by atoms with Crippen molar-refractivity contribution < 1.29 is 4.79 Å². The van der Waals surface area contributed by atoms with Gasteiger partial charge in [-0.05, 0) is 53.6 Å². The van der Waals surface area contributed by atoms with E-state index < -0.39 is 0 Å². The van der Waals surface area contributed by atoms with Gasteiger partial charge in [-0.25, -0.2) is 4.79 Å². The van der Waals surface area contributed by atoms with Gasteiger partial charge in [0.25, 0.3) is 0 Å². The van der Waals surface area contributed by atoms with Crippen molar-refractivity contribution >= 4 is 40.6 Å². The Kier molecular flexibility index (Phi) is 4.58. The normalized spacial score (nSPS) is 15.6. The Balaban J connectivity index is 1.65. The summed E-state index contributed by atoms with van der Waals surface area (Å²) in [5.74, 6) is 0.0980. The third-order valence-electron chi connectivity index (χ3n) is 4.56. The summed E-state index contributed by atoms with van der Waals surface area (Å²) in [6, 6.07) is 22.7. The zero-order chi connectivity index (χ0) is 18.1. The third-order valence-corrected chi connectivity index (χ3v) is 5.05. The van der Waals surface area contributed by atoms with Crippen LogP contribution in [0.4, 0.5) is 16.2 Å². The second kappa shape index (κ2) is 7.02. The summed E-state index contributed by atoms with van der Waals surface area (Å²) in [6.45, 7) is 0.569. The van der Waals surface area contributed by atoms with E-state index in [4.69, 9.17) is 23.2 Å². The summed E-state index contributed by atoms with van der Waals surface area (Å²) in [4.78, 5) is 14.6. The summed E-state index contributed by atoms with van der Waals surface area (Å²) in [6.07, 6.45) is 0. The smallest absolute Gasteiger partial charge is 0.308 e. The van der Waals surface area contributed by atoms with Crippen molar-refractivity contribution in [3.8, 4) is 0 Å². The summed E-state index contributed by atoms with van der Waals surface area (Å²) in [5.41, 5.74) is 3.82. The highest BCUT2D eigenvalue weighted by Crippen LogP contribution is 2.41. The monoisotopic (exact) mass is 382 g/mol. The molecule has 1 N–H and O–H groups in total. The van der Waals surface area contributed by atoms with Gasteiger partial charge in [0.05, 0.1) is 0 Å². The molecule has 0 bridgehead atoms. The molecule has 1 heterocycles. The number of hydrogen-bond donors (Lipinski definition) is 1. The number of carbonyl (C=O) groups is 1. The number of benzene rings is 3. The minimum atomic E-state index is -0.172. The first-order valence-corrected chi connectivity index (χ1v) is 9.06. The maximum absolute atomic E-state index is 12.9. The topological polar surface area (TPSA) is 32.3 Å². The Morgan fingerprint density at radius 2 is 1.62 bits per heavy atom. The second-order valence-electron chi connectivity index (χ2n) is 6.21. The molecule has 3 aromatic carbocycles. The lowest BCUT2D eigenvalue weighted by atomic mass is 9.93. The van der Waals surface area contributed by atoms with E-state index in [2.05, 4.69) is 17.4 Å². The van der Waals surface area contributed by atoms with E-state index in [9.17, 15) is 4.79 Å². The van der Waals surface area contributed by atoms with Gasteiger partial charge in [0.2, 0.25) is 0 Å². The molecular weight excluding hydrogens is 367 g/mol. The highest BCUT2D eigenvalue weighted by Gasteiger charge is 2.33. The summed E-state index contributed by atoms with van der Waals surface area (Å²) >= 11 is 12.1. The summed E-state index contributed by atoms with van der Waals surface area (Å²) < 4.78 is 0. The van der Waals surface area contributed by atoms with Gasteiger partial charge in [0, 0.05) is 33.9 Å². The number of nitrogens with one attached hydrogen (secondary N) is 1. The molecule has 0 fully saturated rings. The van der Waals surface area contributed by atoms with Crippen molar-refractivity contribution in [1.82, 2.24) is 0 Å². The van der Waals surface area contributed by atoms with E-state index in [1.54, 1.807) is 29.2 Å². The molecule has 0 spiro atoms. The molecule has 3 nitrogen and oxygen atoms in total. The number of carbonyl (C=O) groups excluding carboxylic acids is 1. The van der Waals surface area contributed by atoms with E-state index in [0.29, 0.717) is 22.3 Å². The van der Waals surface area contributed by atoms with E-state index >= 15 is 0 Å². The maximum Gasteiger partial charge on any atom is 0.326 e. The molecule has 3 aromatic rings. The quantitative estimate of drug-likeness (QED) is 0.563. The molecule has 0 aliphatic carbocycles. The highest BCUT2D eigenvalue weighted by atomic mass is 35.5. The number of nitrogens with zero attached hydrogens (tertiary/aromatic N) is 1. The molecule has 5 heteroatoms. The van der Waals surface area contributed by atoms with Crippen molar-refractivity contribution in [3.05, 3.63) is 94.0 Å². The van der Waals surface area contributed by atoms with Gasteiger partial charge in [0.15, 0.2) is 0 Å². The van der Waals surface area contributed by atoms with E-state index in [1.165, 1.54) is 0 Å². The number of anilines is 2. The van der Waals surface area contributed by atoms with E-state index in [0.717, 1.165) is 16.8 Å². The Bertz CT molecular complexity index is 942. The highest BCUT2D eigenvalue weighted by molar-refractivity contribution is 6.31. The van der Waals surface area contributed by atoms with Crippen LogP contribution >= 0.6 is 23.2 Å². The molecule has 1 aliphatic rings. The Morgan fingerprint density at radius 1 is 0.923 bits per heavy atom. The van der Waals surface area contributed by atoms with Gasteiger partial charge in [-0.3, -0.25) is 4.90 Å². The fourth-order valence-corrected chi connectivity index (χ4v) is 3.62. The number of rotatable bonds is 2. The standard InChI is InChI=1S/C21H16Cl2N2O/c22-15-6-9-17(10-7-15)24-21(26)25-13-19(14-4-2-1-3-5-14)18-12-16(23)8-11-20(18)25/h1-12,19H,13H2,(H,24,26)/t19-/m0/s1. The lowest BCUT2D eigenvalue weighted by Crippen LogP contribution is -2.34. The number of halogens is 2. The van der Waals surface area contributed by atoms with Gasteiger partial charge < -0.3 is 5.32 Å². The minimum Gasteiger partial charge on any atom is -0.308 e. The zero-order valence-electron chi connectivity index (χ0n) is 13.8. The van der Waals surface area contributed by atoms with Gasteiger partial charge in [-0.15, -0.1) is 0 Å². The predicted octanol–water partition coefficient (Wildman–Crippen LogP) is 6.18. The van der Waals surface area contributed by atoms with E-state index in [1.807, 2.05) is 36.4 Å². The van der Waals surface area contributed by atoms with Crippen LogP contribution in [0.3, 0.4) is 0 Å². The zero-order valence-corrected chi connectivity index (χ0v) is 15.3. The number of amides is 2. The van der Waals surface area contributed by atoms with Crippen LogP contribution in [-0.4, -0.2) is 12.6 Å². The molecular formula is C21H16Cl2N2O. The second-order valence-corrected chi connectivity index (χ2v) is 7.09. The van der Waals surface area contributed by atoms with Gasteiger partial charge in [0.1, 0.15) is 0 Å². The molecule has 0 radical (unpaired) electrons. The van der Waals surface area contributed by atoms with Crippen molar-refractivity contribution in [1.29, 1.82) is 0 Å². The van der Waals surface area contributed by atoms with Crippen LogP contribution in [0.15, 0.2) is 72.8 Å². The van der Waals surface area contributed by atoms with Crippen LogP contribution in [0.25, 0.3) is 0 Å². The predicted molar refractivity (Wildman–Crippen MR) is 108 cm³/mol. The molecule has 1 atom stereocenters. The molecule has 0 unspecified atom stereocenters. The van der Waals surface area contributed by atoms with Gasteiger partial charge in [-0.1, -0.05) is 53.5 Å². The average molecular weight is 383 g/mol. The average Bonchev–Trinajstić information content (AvgIpc) is 3.03. The van der Waals surface area contributed by atoms with Crippen molar-refractivity contribution in [2.45, 2.75) is 5.92 Å². The molecule has 0 saturated heterocycles. The maximum atomic E-state index is 12.9. The first kappa shape index (κ1) is 17.0. The summed E-state index contributed by atoms with van der Waals surface area (Å²) in [5, 5.41) is 4.24.